The molecular weight excluding hydrogens is 506 g/mol. The molecule has 2 heterocycles. The van der Waals surface area contributed by atoms with E-state index in [9.17, 15) is 4.79 Å². The molecule has 1 amide bonds. The van der Waals surface area contributed by atoms with Gasteiger partial charge in [-0.25, -0.2) is 4.98 Å². The van der Waals surface area contributed by atoms with Gasteiger partial charge in [-0.15, -0.1) is 0 Å². The molecule has 0 saturated carbocycles. The van der Waals surface area contributed by atoms with Crippen LogP contribution in [0.5, 0.6) is 0 Å². The fraction of sp³-hybridized carbons (Fsp3) is 0.138. The van der Waals surface area contributed by atoms with Crippen LogP contribution in [-0.4, -0.2) is 16.0 Å². The summed E-state index contributed by atoms with van der Waals surface area (Å²) in [6.45, 7) is 6.17. The second kappa shape index (κ2) is 10.2. The van der Waals surface area contributed by atoms with Crippen LogP contribution in [-0.2, 0) is 6.42 Å². The molecule has 0 aliphatic heterocycles. The fourth-order valence-electron chi connectivity index (χ4n) is 3.90. The molecule has 186 valence electrons. The predicted molar refractivity (Wildman–Crippen MR) is 151 cm³/mol. The first-order valence-corrected chi connectivity index (χ1v) is 12.6. The first-order valence-electron chi connectivity index (χ1n) is 11.8. The quantitative estimate of drug-likeness (QED) is 0.227. The molecule has 37 heavy (non-hydrogen) atoms. The average molecular weight is 530 g/mol. The van der Waals surface area contributed by atoms with E-state index in [0.717, 1.165) is 28.6 Å². The van der Waals surface area contributed by atoms with Crippen molar-refractivity contribution in [2.24, 2.45) is 0 Å². The van der Waals surface area contributed by atoms with E-state index >= 15 is 0 Å². The van der Waals surface area contributed by atoms with E-state index < -0.39 is 5.91 Å². The molecule has 5 rings (SSSR count). The minimum Gasteiger partial charge on any atom is -0.451 e. The Kier molecular flexibility index (Phi) is 6.82. The van der Waals surface area contributed by atoms with E-state index in [0.29, 0.717) is 27.9 Å². The number of nitrogens with zero attached hydrogens (tertiary/aromatic N) is 1. The minimum atomic E-state index is -0.467. The van der Waals surface area contributed by atoms with Crippen molar-refractivity contribution in [3.63, 3.8) is 0 Å². The molecule has 0 saturated heterocycles. The monoisotopic (exact) mass is 529 g/mol. The minimum absolute atomic E-state index is 0.0818. The maximum atomic E-state index is 12.7. The Morgan fingerprint density at radius 1 is 0.946 bits per heavy atom. The number of rotatable bonds is 5. The Balaban J connectivity index is 1.30. The zero-order valence-electron chi connectivity index (χ0n) is 20.5. The number of thiocarbonyl (C=S) groups is 1. The lowest BCUT2D eigenvalue weighted by Crippen LogP contribution is -2.34. The number of nitrogens with one attached hydrogen (secondary N) is 2. The first-order chi connectivity index (χ1) is 17.8. The van der Waals surface area contributed by atoms with Gasteiger partial charge in [0.05, 0.1) is 10.7 Å². The van der Waals surface area contributed by atoms with Gasteiger partial charge in [-0.05, 0) is 97.7 Å². The molecule has 3 aromatic carbocycles. The topological polar surface area (TPSA) is 80.3 Å². The van der Waals surface area contributed by atoms with Crippen LogP contribution in [0.4, 0.5) is 5.69 Å². The molecule has 5 aromatic rings. The highest BCUT2D eigenvalue weighted by Crippen LogP contribution is 2.31. The molecule has 0 bridgehead atoms. The molecule has 8 heteroatoms. The first kappa shape index (κ1) is 24.7. The van der Waals surface area contributed by atoms with Crippen molar-refractivity contribution in [2.45, 2.75) is 27.2 Å². The van der Waals surface area contributed by atoms with E-state index in [1.807, 2.05) is 56.3 Å². The van der Waals surface area contributed by atoms with Gasteiger partial charge in [0.1, 0.15) is 11.3 Å². The summed E-state index contributed by atoms with van der Waals surface area (Å²) in [7, 11) is 0. The predicted octanol–water partition coefficient (Wildman–Crippen LogP) is 7.71. The van der Waals surface area contributed by atoms with Crippen molar-refractivity contribution in [3.8, 4) is 22.8 Å². The molecule has 0 atom stereocenters. The number of benzene rings is 3. The van der Waals surface area contributed by atoms with Gasteiger partial charge in [-0.3, -0.25) is 10.1 Å². The highest BCUT2D eigenvalue weighted by atomic mass is 35.5. The number of furan rings is 1. The SMILES string of the molecule is CCc1ccc2oc(-c3ccc(Cl)c(NC(=S)NC(=O)c4ccc(-c5ccc(C)c(C)c5)o4)c3)nc2c1. The number of oxazole rings is 1. The second-order valence-corrected chi connectivity index (χ2v) is 9.56. The Hall–Kier alpha value is -3.94. The molecule has 0 fully saturated rings. The summed E-state index contributed by atoms with van der Waals surface area (Å²) in [6.07, 6.45) is 0.918. The molecule has 2 aromatic heterocycles. The number of fused-ring (bicyclic) bond motifs is 1. The van der Waals surface area contributed by atoms with Gasteiger partial charge in [-0.1, -0.05) is 36.7 Å². The van der Waals surface area contributed by atoms with Crippen LogP contribution >= 0.6 is 23.8 Å². The average Bonchev–Trinajstić information content (AvgIpc) is 3.54. The van der Waals surface area contributed by atoms with Crippen LogP contribution in [0, 0.1) is 13.8 Å². The Morgan fingerprint density at radius 2 is 1.76 bits per heavy atom. The van der Waals surface area contributed by atoms with Crippen LogP contribution in [0.15, 0.2) is 75.6 Å². The summed E-state index contributed by atoms with van der Waals surface area (Å²) in [6, 6.07) is 20.7. The number of anilines is 1. The van der Waals surface area contributed by atoms with Crippen molar-refractivity contribution in [1.29, 1.82) is 0 Å². The lowest BCUT2D eigenvalue weighted by atomic mass is 10.1. The number of halogens is 1. The van der Waals surface area contributed by atoms with Crippen molar-refractivity contribution in [2.75, 3.05) is 5.32 Å². The van der Waals surface area contributed by atoms with Gasteiger partial charge < -0.3 is 14.2 Å². The maximum absolute atomic E-state index is 12.7. The summed E-state index contributed by atoms with van der Waals surface area (Å²) >= 11 is 11.8. The standard InChI is InChI=1S/C29H24ClN3O3S/c1-4-18-6-10-25-23(14-18)31-28(36-25)20-8-9-21(30)22(15-20)32-29(37)33-27(34)26-12-11-24(35-26)19-7-5-16(2)17(3)13-19/h5-15H,4H2,1-3H3,(H2,32,33,34,37). The Bertz CT molecular complexity index is 1650. The van der Waals surface area contributed by atoms with Crippen LogP contribution in [0.3, 0.4) is 0 Å². The molecule has 6 nitrogen and oxygen atoms in total. The van der Waals surface area contributed by atoms with Crippen molar-refractivity contribution in [3.05, 3.63) is 94.2 Å². The zero-order valence-corrected chi connectivity index (χ0v) is 22.1. The zero-order chi connectivity index (χ0) is 26.1. The summed E-state index contributed by atoms with van der Waals surface area (Å²) in [4.78, 5) is 17.4. The summed E-state index contributed by atoms with van der Waals surface area (Å²) in [5.41, 5.74) is 7.15. The van der Waals surface area contributed by atoms with E-state index in [4.69, 9.17) is 32.7 Å². The third-order valence-electron chi connectivity index (χ3n) is 6.17. The second-order valence-electron chi connectivity index (χ2n) is 8.74. The third kappa shape index (κ3) is 5.28. The smallest absolute Gasteiger partial charge is 0.293 e. The Morgan fingerprint density at radius 3 is 2.54 bits per heavy atom. The molecule has 0 radical (unpaired) electrons. The van der Waals surface area contributed by atoms with E-state index in [-0.39, 0.29) is 10.9 Å². The van der Waals surface area contributed by atoms with Crippen LogP contribution in [0.2, 0.25) is 5.02 Å². The van der Waals surface area contributed by atoms with E-state index in [1.54, 1.807) is 24.3 Å². The highest BCUT2D eigenvalue weighted by Gasteiger charge is 2.16. The number of aryl methyl sites for hydroxylation is 3. The maximum Gasteiger partial charge on any atom is 0.293 e. The largest absolute Gasteiger partial charge is 0.451 e. The molecule has 0 aliphatic carbocycles. The molecule has 2 N–H and O–H groups in total. The number of carbonyl (C=O) groups excluding carboxylic acids is 1. The number of aromatic nitrogens is 1. The van der Waals surface area contributed by atoms with Gasteiger partial charge >= 0.3 is 0 Å². The molecular formula is C29H24ClN3O3S. The lowest BCUT2D eigenvalue weighted by Gasteiger charge is -2.11. The van der Waals surface area contributed by atoms with Crippen LogP contribution in [0.1, 0.15) is 34.2 Å². The number of hydrogen-bond acceptors (Lipinski definition) is 5. The van der Waals surface area contributed by atoms with E-state index in [1.165, 1.54) is 11.1 Å². The van der Waals surface area contributed by atoms with Gasteiger partial charge in [0.2, 0.25) is 5.89 Å². The number of amides is 1. The molecule has 0 spiro atoms. The fourth-order valence-corrected chi connectivity index (χ4v) is 4.27. The lowest BCUT2D eigenvalue weighted by molar-refractivity contribution is 0.0951. The van der Waals surface area contributed by atoms with Gasteiger partial charge in [0.15, 0.2) is 16.5 Å². The van der Waals surface area contributed by atoms with Crippen molar-refractivity contribution >= 4 is 51.6 Å². The summed E-state index contributed by atoms with van der Waals surface area (Å²) in [5, 5.41) is 6.13. The van der Waals surface area contributed by atoms with Crippen LogP contribution < -0.4 is 10.6 Å². The van der Waals surface area contributed by atoms with E-state index in [2.05, 4.69) is 22.5 Å². The Labute approximate surface area is 224 Å². The summed E-state index contributed by atoms with van der Waals surface area (Å²) in [5.74, 6) is 0.750. The van der Waals surface area contributed by atoms with Crippen molar-refractivity contribution in [1.82, 2.24) is 10.3 Å². The normalized spacial score (nSPS) is 11.0. The number of hydrogen-bond donors (Lipinski definition) is 2. The van der Waals surface area contributed by atoms with Gasteiger partial charge in [0.25, 0.3) is 5.91 Å². The number of carbonyl (C=O) groups is 1. The third-order valence-corrected chi connectivity index (χ3v) is 6.70. The molecule has 0 unspecified atom stereocenters. The van der Waals surface area contributed by atoms with Gasteiger partial charge in [0, 0.05) is 11.1 Å². The van der Waals surface area contributed by atoms with Crippen molar-refractivity contribution < 1.29 is 13.6 Å². The summed E-state index contributed by atoms with van der Waals surface area (Å²) < 4.78 is 11.7. The molecule has 0 aliphatic rings. The van der Waals surface area contributed by atoms with Crippen LogP contribution in [0.25, 0.3) is 33.9 Å². The van der Waals surface area contributed by atoms with Gasteiger partial charge in [-0.2, -0.15) is 0 Å². The highest BCUT2D eigenvalue weighted by molar-refractivity contribution is 7.80.